The first kappa shape index (κ1) is 27.8. The quantitative estimate of drug-likeness (QED) is 0.187. The molecule has 0 aliphatic carbocycles. The van der Waals surface area contributed by atoms with Crippen molar-refractivity contribution in [2.24, 2.45) is 0 Å². The maximum atomic E-state index is 13.8. The van der Waals surface area contributed by atoms with E-state index in [1.807, 2.05) is 38.1 Å². The van der Waals surface area contributed by atoms with E-state index >= 15 is 0 Å². The van der Waals surface area contributed by atoms with Crippen LogP contribution in [0.4, 0.5) is 17.6 Å². The lowest BCUT2D eigenvalue weighted by atomic mass is 10.0. The van der Waals surface area contributed by atoms with Crippen molar-refractivity contribution < 1.29 is 27.1 Å². The summed E-state index contributed by atoms with van der Waals surface area (Å²) in [4.78, 5) is 12.7. The minimum absolute atomic E-state index is 0.0675. The third kappa shape index (κ3) is 6.71. The van der Waals surface area contributed by atoms with E-state index in [4.69, 9.17) is 4.74 Å². The standard InChI is InChI=1S/C27H28F4N4O2/c1-5-7-8-19-11-18(10-9-16(19)3)13-32-17(4)22-14-35(34-33-22)23(6-2)24(36)15-37-27-25(30)20(28)12-21(29)26(27)31/h5,7-12,14,17,23,32H,1,6,13,15H2,2-4H3/b8-7-. The van der Waals surface area contributed by atoms with Crippen molar-refractivity contribution in [2.45, 2.75) is 45.8 Å². The molecular formula is C27H28F4N4O2. The summed E-state index contributed by atoms with van der Waals surface area (Å²) in [5, 5.41) is 11.5. The number of hydrogen-bond donors (Lipinski definition) is 1. The number of nitrogens with one attached hydrogen (secondary N) is 1. The Morgan fingerprint density at radius 2 is 1.89 bits per heavy atom. The van der Waals surface area contributed by atoms with Gasteiger partial charge in [-0.05, 0) is 37.0 Å². The maximum Gasteiger partial charge on any atom is 0.203 e. The Hall–Kier alpha value is -3.79. The molecule has 10 heteroatoms. The molecule has 6 nitrogen and oxygen atoms in total. The molecule has 2 atom stereocenters. The molecule has 3 aromatic rings. The monoisotopic (exact) mass is 516 g/mol. The Bertz CT molecular complexity index is 1280. The molecule has 0 amide bonds. The molecule has 0 aliphatic rings. The van der Waals surface area contributed by atoms with Crippen LogP contribution in [-0.4, -0.2) is 27.4 Å². The van der Waals surface area contributed by atoms with Gasteiger partial charge in [0, 0.05) is 12.6 Å². The van der Waals surface area contributed by atoms with E-state index in [2.05, 4.69) is 28.3 Å². The number of ether oxygens (including phenoxy) is 1. The van der Waals surface area contributed by atoms with Crippen LogP contribution in [0.2, 0.25) is 0 Å². The van der Waals surface area contributed by atoms with E-state index in [0.29, 0.717) is 12.2 Å². The molecule has 2 unspecified atom stereocenters. The normalized spacial score (nSPS) is 13.1. The second-order valence-corrected chi connectivity index (χ2v) is 8.49. The molecule has 1 aromatic heterocycles. The zero-order valence-corrected chi connectivity index (χ0v) is 20.8. The molecule has 0 saturated heterocycles. The highest BCUT2D eigenvalue weighted by atomic mass is 19.2. The first-order valence-corrected chi connectivity index (χ1v) is 11.7. The molecule has 1 N–H and O–H groups in total. The maximum absolute atomic E-state index is 13.8. The van der Waals surface area contributed by atoms with Gasteiger partial charge in [0.1, 0.15) is 12.6 Å². The van der Waals surface area contributed by atoms with Crippen molar-refractivity contribution in [3.63, 3.8) is 0 Å². The van der Waals surface area contributed by atoms with E-state index < -0.39 is 47.5 Å². The van der Waals surface area contributed by atoms with Crippen molar-refractivity contribution in [2.75, 3.05) is 6.61 Å². The topological polar surface area (TPSA) is 69.0 Å². The highest BCUT2D eigenvalue weighted by Gasteiger charge is 2.25. The first-order valence-electron chi connectivity index (χ1n) is 11.7. The largest absolute Gasteiger partial charge is 0.479 e. The molecule has 0 bridgehead atoms. The summed E-state index contributed by atoms with van der Waals surface area (Å²) < 4.78 is 60.6. The van der Waals surface area contributed by atoms with Gasteiger partial charge in [0.25, 0.3) is 0 Å². The van der Waals surface area contributed by atoms with Crippen LogP contribution < -0.4 is 10.1 Å². The molecular weight excluding hydrogens is 488 g/mol. The number of carbonyl (C=O) groups is 1. The van der Waals surface area contributed by atoms with Crippen molar-refractivity contribution in [1.82, 2.24) is 20.3 Å². The van der Waals surface area contributed by atoms with Gasteiger partial charge in [-0.3, -0.25) is 4.79 Å². The average Bonchev–Trinajstić information content (AvgIpc) is 3.36. The zero-order chi connectivity index (χ0) is 27.1. The van der Waals surface area contributed by atoms with Crippen molar-refractivity contribution in [3.8, 4) is 5.75 Å². The number of Topliss-reactive ketones (excluding diaryl/α,β-unsaturated/α-hetero) is 1. The van der Waals surface area contributed by atoms with Crippen LogP contribution >= 0.6 is 0 Å². The molecule has 2 aromatic carbocycles. The van der Waals surface area contributed by atoms with Gasteiger partial charge in [-0.2, -0.15) is 8.78 Å². The summed E-state index contributed by atoms with van der Waals surface area (Å²) in [6.45, 7) is 9.08. The molecule has 1 heterocycles. The lowest BCUT2D eigenvalue weighted by Crippen LogP contribution is -2.25. The number of ketones is 1. The minimum Gasteiger partial charge on any atom is -0.479 e. The number of rotatable bonds is 12. The Morgan fingerprint density at radius 3 is 2.54 bits per heavy atom. The predicted octanol–water partition coefficient (Wildman–Crippen LogP) is 5.79. The van der Waals surface area contributed by atoms with Crippen LogP contribution in [0.15, 0.2) is 49.2 Å². The van der Waals surface area contributed by atoms with Crippen LogP contribution in [0, 0.1) is 30.2 Å². The van der Waals surface area contributed by atoms with Gasteiger partial charge in [-0.15, -0.1) is 5.10 Å². The number of halogens is 4. The number of aromatic nitrogens is 3. The van der Waals surface area contributed by atoms with Gasteiger partial charge < -0.3 is 10.1 Å². The fraction of sp³-hybridized carbons (Fsp3) is 0.296. The molecule has 3 rings (SSSR count). The zero-order valence-electron chi connectivity index (χ0n) is 20.8. The second kappa shape index (κ2) is 12.4. The lowest BCUT2D eigenvalue weighted by Gasteiger charge is -2.15. The van der Waals surface area contributed by atoms with Crippen LogP contribution in [0.5, 0.6) is 5.75 Å². The van der Waals surface area contributed by atoms with Crippen molar-refractivity contribution in [3.05, 3.63) is 94.8 Å². The van der Waals surface area contributed by atoms with Gasteiger partial charge in [0.15, 0.2) is 23.2 Å². The summed E-state index contributed by atoms with van der Waals surface area (Å²) in [5.74, 6) is -8.53. The van der Waals surface area contributed by atoms with Crippen molar-refractivity contribution >= 4 is 11.9 Å². The highest BCUT2D eigenvalue weighted by Crippen LogP contribution is 2.27. The minimum atomic E-state index is -1.71. The van der Waals surface area contributed by atoms with Crippen LogP contribution in [0.25, 0.3) is 6.08 Å². The van der Waals surface area contributed by atoms with Crippen LogP contribution in [-0.2, 0) is 11.3 Å². The average molecular weight is 517 g/mol. The second-order valence-electron chi connectivity index (χ2n) is 8.49. The Kier molecular flexibility index (Phi) is 9.35. The van der Waals surface area contributed by atoms with Gasteiger partial charge in [0.05, 0.1) is 17.9 Å². The molecule has 37 heavy (non-hydrogen) atoms. The number of allylic oxidation sites excluding steroid dienone is 2. The number of hydrogen-bond acceptors (Lipinski definition) is 5. The van der Waals surface area contributed by atoms with Gasteiger partial charge in [-0.25, -0.2) is 13.5 Å². The third-order valence-corrected chi connectivity index (χ3v) is 5.85. The Balaban J connectivity index is 1.64. The first-order chi connectivity index (χ1) is 17.7. The summed E-state index contributed by atoms with van der Waals surface area (Å²) in [6.07, 6.45) is 7.45. The van der Waals surface area contributed by atoms with Gasteiger partial charge >= 0.3 is 0 Å². The fourth-order valence-electron chi connectivity index (χ4n) is 3.65. The van der Waals surface area contributed by atoms with Crippen LogP contribution in [0.3, 0.4) is 0 Å². The smallest absolute Gasteiger partial charge is 0.203 e. The molecule has 196 valence electrons. The molecule has 0 fully saturated rings. The third-order valence-electron chi connectivity index (χ3n) is 5.85. The molecule has 0 radical (unpaired) electrons. The molecule has 0 spiro atoms. The molecule has 0 aliphatic heterocycles. The number of aryl methyl sites for hydroxylation is 1. The highest BCUT2D eigenvalue weighted by molar-refractivity contribution is 5.83. The van der Waals surface area contributed by atoms with E-state index in [9.17, 15) is 22.4 Å². The lowest BCUT2D eigenvalue weighted by molar-refractivity contribution is -0.124. The van der Waals surface area contributed by atoms with E-state index in [1.54, 1.807) is 19.2 Å². The Morgan fingerprint density at radius 1 is 1.19 bits per heavy atom. The van der Waals surface area contributed by atoms with Crippen LogP contribution in [0.1, 0.15) is 54.7 Å². The number of carbonyl (C=O) groups excluding carboxylic acids is 1. The summed E-state index contributed by atoms with van der Waals surface area (Å²) >= 11 is 0. The molecule has 0 saturated carbocycles. The van der Waals surface area contributed by atoms with Gasteiger partial charge in [0.2, 0.25) is 11.6 Å². The summed E-state index contributed by atoms with van der Waals surface area (Å²) in [7, 11) is 0. The predicted molar refractivity (Wildman–Crippen MR) is 132 cm³/mol. The van der Waals surface area contributed by atoms with Crippen molar-refractivity contribution in [1.29, 1.82) is 0 Å². The number of nitrogens with zero attached hydrogens (tertiary/aromatic N) is 3. The van der Waals surface area contributed by atoms with E-state index in [1.165, 1.54) is 4.68 Å². The van der Waals surface area contributed by atoms with E-state index in [-0.39, 0.29) is 18.5 Å². The van der Waals surface area contributed by atoms with Gasteiger partial charge in [-0.1, -0.05) is 55.1 Å². The fourth-order valence-corrected chi connectivity index (χ4v) is 3.65. The van der Waals surface area contributed by atoms with E-state index in [0.717, 1.165) is 16.7 Å². The summed E-state index contributed by atoms with van der Waals surface area (Å²) in [5.41, 5.74) is 3.88. The number of benzene rings is 2. The SMILES string of the molecule is C=C/C=C\c1cc(CNC(C)c2cn(C(CC)C(=O)COc3c(F)c(F)cc(F)c3F)nn2)ccc1C. The Labute approximate surface area is 212 Å². The summed E-state index contributed by atoms with van der Waals surface area (Å²) in [6, 6.07) is 5.15.